The molecule has 3 nitrogen and oxygen atoms in total. The van der Waals surface area contributed by atoms with E-state index in [1.807, 2.05) is 18.2 Å². The fourth-order valence-corrected chi connectivity index (χ4v) is 3.08. The monoisotopic (exact) mass is 246 g/mol. The molecule has 0 unspecified atom stereocenters. The summed E-state index contributed by atoms with van der Waals surface area (Å²) in [5.41, 5.74) is 2.40. The number of fused-ring (bicyclic) bond motifs is 1. The van der Waals surface area contributed by atoms with Crippen molar-refractivity contribution in [1.82, 2.24) is 10.3 Å². The maximum Gasteiger partial charge on any atom is 0.124 e. The van der Waals surface area contributed by atoms with Crippen molar-refractivity contribution >= 4 is 11.3 Å². The van der Waals surface area contributed by atoms with Crippen molar-refractivity contribution in [3.05, 3.63) is 34.8 Å². The number of methoxy groups -OCH3 is 1. The number of hydrogen-bond acceptors (Lipinski definition) is 4. The van der Waals surface area contributed by atoms with E-state index in [1.54, 1.807) is 18.4 Å². The number of aromatic nitrogens is 1. The second-order valence-corrected chi connectivity index (χ2v) is 5.13. The predicted molar refractivity (Wildman–Crippen MR) is 69.5 cm³/mol. The first-order valence-corrected chi connectivity index (χ1v) is 6.52. The Morgan fingerprint density at radius 2 is 2.35 bits per heavy atom. The molecule has 1 aromatic carbocycles. The smallest absolute Gasteiger partial charge is 0.124 e. The zero-order valence-electron chi connectivity index (χ0n) is 9.69. The molecule has 1 aromatic heterocycles. The molecule has 4 heteroatoms. The molecule has 2 heterocycles. The summed E-state index contributed by atoms with van der Waals surface area (Å²) in [5, 5.41) is 4.47. The van der Waals surface area contributed by atoms with Gasteiger partial charge in [0.05, 0.1) is 12.8 Å². The van der Waals surface area contributed by atoms with E-state index in [4.69, 9.17) is 9.72 Å². The highest BCUT2D eigenvalue weighted by Gasteiger charge is 2.15. The standard InChI is InChI=1S/C13H14N2OS/c1-16-10-4-2-3-9(7-10)13-15-11-5-6-14-8-12(11)17-13/h2-4,7,14H,5-6,8H2,1H3. The van der Waals surface area contributed by atoms with Crippen LogP contribution in [0.25, 0.3) is 10.6 Å². The molecule has 17 heavy (non-hydrogen) atoms. The lowest BCUT2D eigenvalue weighted by atomic mass is 10.2. The molecule has 0 fully saturated rings. The molecule has 0 spiro atoms. The first-order valence-electron chi connectivity index (χ1n) is 5.70. The average Bonchev–Trinajstić information content (AvgIpc) is 2.82. The van der Waals surface area contributed by atoms with Gasteiger partial charge in [-0.2, -0.15) is 0 Å². The SMILES string of the molecule is COc1cccc(-c2nc3c(s2)CNCC3)c1. The minimum Gasteiger partial charge on any atom is -0.497 e. The van der Waals surface area contributed by atoms with Crippen molar-refractivity contribution in [3.63, 3.8) is 0 Å². The largest absolute Gasteiger partial charge is 0.497 e. The van der Waals surface area contributed by atoms with E-state index < -0.39 is 0 Å². The third-order valence-electron chi connectivity index (χ3n) is 2.92. The van der Waals surface area contributed by atoms with Crippen LogP contribution in [0, 0.1) is 0 Å². The Bertz CT molecular complexity index is 512. The third kappa shape index (κ3) is 2.06. The summed E-state index contributed by atoms with van der Waals surface area (Å²) in [7, 11) is 1.69. The van der Waals surface area contributed by atoms with Gasteiger partial charge >= 0.3 is 0 Å². The van der Waals surface area contributed by atoms with Crippen LogP contribution in [0.2, 0.25) is 0 Å². The van der Waals surface area contributed by atoms with Crippen LogP contribution < -0.4 is 10.1 Å². The molecule has 0 amide bonds. The van der Waals surface area contributed by atoms with Crippen molar-refractivity contribution in [3.8, 4) is 16.3 Å². The summed E-state index contributed by atoms with van der Waals surface area (Å²) < 4.78 is 5.24. The number of thiazole rings is 1. The van der Waals surface area contributed by atoms with Crippen LogP contribution in [0.4, 0.5) is 0 Å². The number of rotatable bonds is 2. The summed E-state index contributed by atoms with van der Waals surface area (Å²) in [4.78, 5) is 6.09. The second kappa shape index (κ2) is 4.47. The lowest BCUT2D eigenvalue weighted by Crippen LogP contribution is -2.22. The normalized spacial score (nSPS) is 14.4. The van der Waals surface area contributed by atoms with Gasteiger partial charge in [0, 0.05) is 30.0 Å². The van der Waals surface area contributed by atoms with Crippen LogP contribution in [0.1, 0.15) is 10.6 Å². The van der Waals surface area contributed by atoms with Crippen LogP contribution in [0.3, 0.4) is 0 Å². The molecule has 3 rings (SSSR count). The van der Waals surface area contributed by atoms with Crippen LogP contribution in [-0.4, -0.2) is 18.6 Å². The predicted octanol–water partition coefficient (Wildman–Crippen LogP) is 2.46. The molecule has 0 bridgehead atoms. The molecule has 0 saturated carbocycles. The van der Waals surface area contributed by atoms with Gasteiger partial charge < -0.3 is 10.1 Å². The van der Waals surface area contributed by atoms with Crippen LogP contribution >= 0.6 is 11.3 Å². The van der Waals surface area contributed by atoms with Crippen molar-refractivity contribution in [2.24, 2.45) is 0 Å². The lowest BCUT2D eigenvalue weighted by Gasteiger charge is -2.09. The molecule has 0 atom stereocenters. The van der Waals surface area contributed by atoms with Gasteiger partial charge in [-0.1, -0.05) is 12.1 Å². The van der Waals surface area contributed by atoms with Crippen LogP contribution in [0.15, 0.2) is 24.3 Å². The van der Waals surface area contributed by atoms with Crippen LogP contribution in [-0.2, 0) is 13.0 Å². The van der Waals surface area contributed by atoms with Crippen molar-refractivity contribution in [2.75, 3.05) is 13.7 Å². The summed E-state index contributed by atoms with van der Waals surface area (Å²) in [6, 6.07) is 8.09. The quantitative estimate of drug-likeness (QED) is 0.884. The summed E-state index contributed by atoms with van der Waals surface area (Å²) >= 11 is 1.78. The molecule has 1 N–H and O–H groups in total. The van der Waals surface area contributed by atoms with Crippen molar-refractivity contribution in [2.45, 2.75) is 13.0 Å². The Kier molecular flexibility index (Phi) is 2.82. The topological polar surface area (TPSA) is 34.1 Å². The average molecular weight is 246 g/mol. The van der Waals surface area contributed by atoms with Crippen molar-refractivity contribution < 1.29 is 4.74 Å². The number of hydrogen-bond donors (Lipinski definition) is 1. The Morgan fingerprint density at radius 3 is 3.18 bits per heavy atom. The van der Waals surface area contributed by atoms with Crippen molar-refractivity contribution in [1.29, 1.82) is 0 Å². The maximum atomic E-state index is 5.24. The highest BCUT2D eigenvalue weighted by Crippen LogP contribution is 2.31. The van der Waals surface area contributed by atoms with Gasteiger partial charge in [0.25, 0.3) is 0 Å². The van der Waals surface area contributed by atoms with Gasteiger partial charge in [0.2, 0.25) is 0 Å². The van der Waals surface area contributed by atoms with Gasteiger partial charge in [-0.3, -0.25) is 0 Å². The molecule has 0 saturated heterocycles. The Balaban J connectivity index is 2.00. The molecule has 0 radical (unpaired) electrons. The first-order chi connectivity index (χ1) is 8.36. The van der Waals surface area contributed by atoms with Crippen LogP contribution in [0.5, 0.6) is 5.75 Å². The minimum absolute atomic E-state index is 0.883. The zero-order valence-corrected chi connectivity index (χ0v) is 10.5. The Labute approximate surface area is 104 Å². The molecular weight excluding hydrogens is 232 g/mol. The van der Waals surface area contributed by atoms with Gasteiger partial charge in [-0.05, 0) is 12.1 Å². The molecule has 1 aliphatic heterocycles. The van der Waals surface area contributed by atoms with E-state index >= 15 is 0 Å². The van der Waals surface area contributed by atoms with E-state index in [9.17, 15) is 0 Å². The first kappa shape index (κ1) is 10.7. The third-order valence-corrected chi connectivity index (χ3v) is 4.07. The summed E-state index contributed by atoms with van der Waals surface area (Å²) in [6.45, 7) is 1.99. The number of nitrogens with zero attached hydrogens (tertiary/aromatic N) is 1. The maximum absolute atomic E-state index is 5.24. The van der Waals surface area contributed by atoms with E-state index in [0.717, 1.165) is 35.8 Å². The fourth-order valence-electron chi connectivity index (χ4n) is 2.01. The zero-order chi connectivity index (χ0) is 11.7. The van der Waals surface area contributed by atoms with Gasteiger partial charge in [0.1, 0.15) is 10.8 Å². The fraction of sp³-hybridized carbons (Fsp3) is 0.308. The molecule has 0 aliphatic carbocycles. The van der Waals surface area contributed by atoms with E-state index in [-0.39, 0.29) is 0 Å². The number of ether oxygens (including phenoxy) is 1. The highest BCUT2D eigenvalue weighted by atomic mass is 32.1. The molecule has 1 aliphatic rings. The Hall–Kier alpha value is -1.39. The summed E-state index contributed by atoms with van der Waals surface area (Å²) in [5.74, 6) is 0.883. The van der Waals surface area contributed by atoms with E-state index in [1.165, 1.54) is 10.6 Å². The van der Waals surface area contributed by atoms with Gasteiger partial charge in [-0.25, -0.2) is 4.98 Å². The number of nitrogens with one attached hydrogen (secondary N) is 1. The second-order valence-electron chi connectivity index (χ2n) is 4.05. The van der Waals surface area contributed by atoms with Gasteiger partial charge in [-0.15, -0.1) is 11.3 Å². The summed E-state index contributed by atoms with van der Waals surface area (Å²) in [6.07, 6.45) is 1.04. The molecule has 2 aromatic rings. The molecular formula is C13H14N2OS. The number of benzene rings is 1. The van der Waals surface area contributed by atoms with E-state index in [2.05, 4.69) is 11.4 Å². The minimum atomic E-state index is 0.883. The lowest BCUT2D eigenvalue weighted by molar-refractivity contribution is 0.415. The highest BCUT2D eigenvalue weighted by molar-refractivity contribution is 7.15. The van der Waals surface area contributed by atoms with Gasteiger partial charge in [0.15, 0.2) is 0 Å². The molecule has 88 valence electrons. The Morgan fingerprint density at radius 1 is 1.41 bits per heavy atom. The van der Waals surface area contributed by atoms with E-state index in [0.29, 0.717) is 0 Å².